The van der Waals surface area contributed by atoms with E-state index in [2.05, 4.69) is 10.6 Å². The maximum atomic E-state index is 12.5. The van der Waals surface area contributed by atoms with Crippen LogP contribution < -0.4 is 15.4 Å². The third kappa shape index (κ3) is 4.13. The summed E-state index contributed by atoms with van der Waals surface area (Å²) in [6.07, 6.45) is 0.638. The molecule has 0 radical (unpaired) electrons. The van der Waals surface area contributed by atoms with Gasteiger partial charge in [0.2, 0.25) is 0 Å². The van der Waals surface area contributed by atoms with Gasteiger partial charge in [0, 0.05) is 13.1 Å². The highest BCUT2D eigenvalue weighted by atomic mass is 16.5. The fraction of sp³-hybridized carbons (Fsp3) is 0.316. The van der Waals surface area contributed by atoms with Gasteiger partial charge in [0.25, 0.3) is 5.91 Å². The number of carbonyl (C=O) groups is 1. The van der Waals surface area contributed by atoms with E-state index in [-0.39, 0.29) is 12.5 Å². The largest absolute Gasteiger partial charge is 0.488 e. The Labute approximate surface area is 141 Å². The van der Waals surface area contributed by atoms with Gasteiger partial charge >= 0.3 is 0 Å². The van der Waals surface area contributed by atoms with Gasteiger partial charge < -0.3 is 20.5 Å². The van der Waals surface area contributed by atoms with Gasteiger partial charge in [0.05, 0.1) is 11.2 Å². The first-order chi connectivity index (χ1) is 11.7. The van der Waals surface area contributed by atoms with Gasteiger partial charge in [-0.05, 0) is 30.7 Å². The van der Waals surface area contributed by atoms with Crippen LogP contribution in [0, 0.1) is 0 Å². The molecule has 0 spiro atoms. The number of amides is 1. The molecule has 0 saturated carbocycles. The Morgan fingerprint density at radius 3 is 2.67 bits per heavy atom. The maximum Gasteiger partial charge on any atom is 0.255 e. The summed E-state index contributed by atoms with van der Waals surface area (Å²) in [4.78, 5) is 12.5. The van der Waals surface area contributed by atoms with Crippen LogP contribution in [0.15, 0.2) is 54.6 Å². The standard InChI is InChI=1S/C19H22N2O3/c22-18(21-14-19(23)10-11-20-13-19)16-8-4-5-9-17(16)24-12-15-6-2-1-3-7-15/h1-9,20,23H,10-14H2,(H,21,22)/t19-/m0/s1. The summed E-state index contributed by atoms with van der Waals surface area (Å²) in [6, 6.07) is 17.0. The van der Waals surface area contributed by atoms with Gasteiger partial charge in [0.1, 0.15) is 12.4 Å². The van der Waals surface area contributed by atoms with Gasteiger partial charge in [-0.2, -0.15) is 0 Å². The summed E-state index contributed by atoms with van der Waals surface area (Å²) in [5.41, 5.74) is 0.650. The monoisotopic (exact) mass is 326 g/mol. The lowest BCUT2D eigenvalue weighted by Crippen LogP contribution is -2.44. The van der Waals surface area contributed by atoms with Crippen molar-refractivity contribution in [2.45, 2.75) is 18.6 Å². The van der Waals surface area contributed by atoms with Crippen molar-refractivity contribution in [2.24, 2.45) is 0 Å². The molecule has 3 rings (SSSR count). The van der Waals surface area contributed by atoms with E-state index in [1.807, 2.05) is 36.4 Å². The summed E-state index contributed by atoms with van der Waals surface area (Å²) >= 11 is 0. The van der Waals surface area contributed by atoms with Gasteiger partial charge in [-0.15, -0.1) is 0 Å². The maximum absolute atomic E-state index is 12.5. The molecule has 2 aromatic rings. The molecule has 0 bridgehead atoms. The molecule has 1 heterocycles. The molecule has 0 aliphatic carbocycles. The van der Waals surface area contributed by atoms with E-state index < -0.39 is 5.60 Å². The predicted molar refractivity (Wildman–Crippen MR) is 92.0 cm³/mol. The number of hydrogen-bond donors (Lipinski definition) is 3. The van der Waals surface area contributed by atoms with Gasteiger partial charge in [0.15, 0.2) is 0 Å². The Morgan fingerprint density at radius 1 is 1.17 bits per heavy atom. The molecule has 3 N–H and O–H groups in total. The first kappa shape index (κ1) is 16.5. The van der Waals surface area contributed by atoms with Crippen molar-refractivity contribution in [1.29, 1.82) is 0 Å². The number of aliphatic hydroxyl groups is 1. The molecule has 0 unspecified atom stereocenters. The molecule has 5 heteroatoms. The minimum Gasteiger partial charge on any atom is -0.488 e. The third-order valence-corrected chi connectivity index (χ3v) is 4.17. The number of hydrogen-bond acceptors (Lipinski definition) is 4. The molecular formula is C19H22N2O3. The summed E-state index contributed by atoms with van der Waals surface area (Å²) in [5.74, 6) is 0.300. The lowest BCUT2D eigenvalue weighted by molar-refractivity contribution is 0.0560. The normalized spacial score (nSPS) is 19.9. The van der Waals surface area contributed by atoms with Crippen molar-refractivity contribution in [2.75, 3.05) is 19.6 Å². The van der Waals surface area contributed by atoms with Crippen LogP contribution in [0.25, 0.3) is 0 Å². The molecule has 1 fully saturated rings. The van der Waals surface area contributed by atoms with Crippen LogP contribution in [0.5, 0.6) is 5.75 Å². The zero-order valence-electron chi connectivity index (χ0n) is 13.5. The molecule has 24 heavy (non-hydrogen) atoms. The number of rotatable bonds is 6. The van der Waals surface area contributed by atoms with Gasteiger partial charge in [-0.3, -0.25) is 4.79 Å². The second kappa shape index (κ2) is 7.47. The van der Waals surface area contributed by atoms with Crippen LogP contribution in [0.4, 0.5) is 0 Å². The number of ether oxygens (including phenoxy) is 1. The van der Waals surface area contributed by atoms with Crippen LogP contribution in [0.2, 0.25) is 0 Å². The van der Waals surface area contributed by atoms with Crippen molar-refractivity contribution in [1.82, 2.24) is 10.6 Å². The van der Waals surface area contributed by atoms with Crippen LogP contribution in [-0.4, -0.2) is 36.2 Å². The van der Waals surface area contributed by atoms with E-state index >= 15 is 0 Å². The average Bonchev–Trinajstić information content (AvgIpc) is 3.06. The van der Waals surface area contributed by atoms with Crippen LogP contribution >= 0.6 is 0 Å². The molecule has 1 amide bonds. The summed E-state index contributed by atoms with van der Waals surface area (Å²) in [7, 11) is 0. The van der Waals surface area contributed by atoms with E-state index in [0.29, 0.717) is 30.9 Å². The van der Waals surface area contributed by atoms with Gasteiger partial charge in [-0.25, -0.2) is 0 Å². The quantitative estimate of drug-likeness (QED) is 0.756. The number of β-amino-alcohol motifs (C(OH)–C–C–N with tert-alkyl or cyclic N) is 1. The highest BCUT2D eigenvalue weighted by molar-refractivity contribution is 5.96. The van der Waals surface area contributed by atoms with Crippen molar-refractivity contribution in [3.05, 3.63) is 65.7 Å². The first-order valence-electron chi connectivity index (χ1n) is 8.13. The average molecular weight is 326 g/mol. The molecule has 1 saturated heterocycles. The van der Waals surface area contributed by atoms with Crippen LogP contribution in [0.3, 0.4) is 0 Å². The smallest absolute Gasteiger partial charge is 0.255 e. The van der Waals surface area contributed by atoms with E-state index in [0.717, 1.165) is 12.1 Å². The SMILES string of the molecule is O=C(NC[C@]1(O)CCNC1)c1ccccc1OCc1ccccc1. The number of carbonyl (C=O) groups excluding carboxylic acids is 1. The Morgan fingerprint density at radius 2 is 1.92 bits per heavy atom. The zero-order chi connectivity index (χ0) is 16.8. The third-order valence-electron chi connectivity index (χ3n) is 4.17. The summed E-state index contributed by atoms with van der Waals surface area (Å²) in [6.45, 7) is 1.90. The Bertz CT molecular complexity index is 682. The molecule has 1 aliphatic rings. The van der Waals surface area contributed by atoms with E-state index in [9.17, 15) is 9.90 Å². The molecule has 2 aromatic carbocycles. The Hall–Kier alpha value is -2.37. The molecule has 126 valence electrons. The van der Waals surface area contributed by atoms with E-state index in [1.54, 1.807) is 18.2 Å². The van der Waals surface area contributed by atoms with Gasteiger partial charge in [-0.1, -0.05) is 42.5 Å². The highest BCUT2D eigenvalue weighted by Gasteiger charge is 2.31. The highest BCUT2D eigenvalue weighted by Crippen LogP contribution is 2.20. The molecule has 0 aromatic heterocycles. The van der Waals surface area contributed by atoms with Crippen molar-refractivity contribution < 1.29 is 14.6 Å². The van der Waals surface area contributed by atoms with E-state index in [4.69, 9.17) is 4.74 Å². The number of nitrogens with one attached hydrogen (secondary N) is 2. The predicted octanol–water partition coefficient (Wildman–Crippen LogP) is 1.72. The topological polar surface area (TPSA) is 70.6 Å². The number of para-hydroxylation sites is 1. The summed E-state index contributed by atoms with van der Waals surface area (Å²) < 4.78 is 5.81. The Balaban J connectivity index is 1.63. The number of benzene rings is 2. The molecule has 5 nitrogen and oxygen atoms in total. The van der Waals surface area contributed by atoms with Crippen molar-refractivity contribution in [3.8, 4) is 5.75 Å². The lowest BCUT2D eigenvalue weighted by atomic mass is 10.0. The second-order valence-corrected chi connectivity index (χ2v) is 6.10. The minimum absolute atomic E-state index is 0.228. The van der Waals surface area contributed by atoms with E-state index in [1.165, 1.54) is 0 Å². The second-order valence-electron chi connectivity index (χ2n) is 6.10. The molecular weight excluding hydrogens is 304 g/mol. The van der Waals surface area contributed by atoms with Crippen molar-refractivity contribution in [3.63, 3.8) is 0 Å². The summed E-state index contributed by atoms with van der Waals surface area (Å²) in [5, 5.41) is 16.2. The fourth-order valence-electron chi connectivity index (χ4n) is 2.74. The zero-order valence-corrected chi connectivity index (χ0v) is 13.5. The Kier molecular flexibility index (Phi) is 5.13. The fourth-order valence-corrected chi connectivity index (χ4v) is 2.74. The van der Waals surface area contributed by atoms with Crippen molar-refractivity contribution >= 4 is 5.91 Å². The minimum atomic E-state index is -0.866. The first-order valence-corrected chi connectivity index (χ1v) is 8.13. The lowest BCUT2D eigenvalue weighted by Gasteiger charge is -2.22. The molecule has 1 aliphatic heterocycles. The molecule has 1 atom stereocenters. The van der Waals surface area contributed by atoms with Crippen LogP contribution in [-0.2, 0) is 6.61 Å². The van der Waals surface area contributed by atoms with Crippen LogP contribution in [0.1, 0.15) is 22.3 Å².